The van der Waals surface area contributed by atoms with Crippen molar-refractivity contribution in [2.45, 2.75) is 45.2 Å². The quantitative estimate of drug-likeness (QED) is 0.602. The number of benzene rings is 2. The van der Waals surface area contributed by atoms with Crippen LogP contribution in [0.2, 0.25) is 0 Å². The Morgan fingerprint density at radius 2 is 1.86 bits per heavy atom. The summed E-state index contributed by atoms with van der Waals surface area (Å²) in [6, 6.07) is 18.1. The molecule has 3 rings (SSSR count). The second-order valence-electron chi connectivity index (χ2n) is 7.18. The van der Waals surface area contributed by atoms with Crippen molar-refractivity contribution in [1.29, 1.82) is 5.26 Å². The lowest BCUT2D eigenvalue weighted by Crippen LogP contribution is -2.28. The minimum absolute atomic E-state index is 0.142. The van der Waals surface area contributed by atoms with E-state index in [-0.39, 0.29) is 11.8 Å². The molecule has 1 aliphatic rings. The predicted molar refractivity (Wildman–Crippen MR) is 110 cm³/mol. The number of nitriles is 1. The third-order valence-electron chi connectivity index (χ3n) is 4.93. The van der Waals surface area contributed by atoms with Crippen molar-refractivity contribution in [3.8, 4) is 11.8 Å². The lowest BCUT2D eigenvalue weighted by molar-refractivity contribution is -0.122. The molecule has 0 saturated heterocycles. The number of ether oxygens (including phenoxy) is 1. The fraction of sp³-hybridized carbons (Fsp3) is 0.391. The number of carbonyl (C=O) groups is 1. The van der Waals surface area contributed by atoms with Crippen molar-refractivity contribution in [3.05, 3.63) is 59.7 Å². The van der Waals surface area contributed by atoms with E-state index < -0.39 is 0 Å². The van der Waals surface area contributed by atoms with Crippen molar-refractivity contribution in [2.24, 2.45) is 5.92 Å². The minimum Gasteiger partial charge on any atom is -0.494 e. The molecule has 146 valence electrons. The number of nitrogens with zero attached hydrogens (tertiary/aromatic N) is 1. The molecule has 1 fully saturated rings. The van der Waals surface area contributed by atoms with Gasteiger partial charge in [-0.1, -0.05) is 30.7 Å². The molecule has 28 heavy (non-hydrogen) atoms. The van der Waals surface area contributed by atoms with E-state index in [1.807, 2.05) is 36.4 Å². The van der Waals surface area contributed by atoms with Crippen molar-refractivity contribution in [1.82, 2.24) is 5.32 Å². The highest BCUT2D eigenvalue weighted by atomic mass is 16.5. The molecule has 0 aromatic heterocycles. The summed E-state index contributed by atoms with van der Waals surface area (Å²) in [5.74, 6) is 1.16. The first-order chi connectivity index (χ1) is 13.7. The van der Waals surface area contributed by atoms with Gasteiger partial charge in [0, 0.05) is 31.1 Å². The van der Waals surface area contributed by atoms with Gasteiger partial charge in [0.05, 0.1) is 12.7 Å². The molecule has 2 aromatic rings. The normalized spacial score (nSPS) is 13.4. The molecule has 0 atom stereocenters. The van der Waals surface area contributed by atoms with E-state index in [0.717, 1.165) is 61.3 Å². The maximum atomic E-state index is 12.1. The van der Waals surface area contributed by atoms with Crippen LogP contribution < -0.4 is 15.4 Å². The van der Waals surface area contributed by atoms with Crippen LogP contribution in [-0.4, -0.2) is 12.5 Å². The van der Waals surface area contributed by atoms with Gasteiger partial charge >= 0.3 is 0 Å². The van der Waals surface area contributed by atoms with E-state index in [2.05, 4.69) is 28.8 Å². The number of hydrogen-bond acceptors (Lipinski definition) is 4. The Kier molecular flexibility index (Phi) is 7.45. The molecule has 2 aromatic carbocycles. The van der Waals surface area contributed by atoms with Gasteiger partial charge in [-0.3, -0.25) is 4.79 Å². The fourth-order valence-electron chi connectivity index (χ4n) is 3.11. The fourth-order valence-corrected chi connectivity index (χ4v) is 3.11. The maximum Gasteiger partial charge on any atom is 0.227 e. The van der Waals surface area contributed by atoms with Crippen molar-refractivity contribution >= 4 is 11.6 Å². The molecule has 0 radical (unpaired) electrons. The van der Waals surface area contributed by atoms with Crippen LogP contribution in [0.3, 0.4) is 0 Å². The van der Waals surface area contributed by atoms with Crippen LogP contribution in [0.4, 0.5) is 5.69 Å². The summed E-state index contributed by atoms with van der Waals surface area (Å²) < 4.78 is 5.68. The third-order valence-corrected chi connectivity index (χ3v) is 4.93. The zero-order chi connectivity index (χ0) is 19.6. The number of rotatable bonds is 10. The van der Waals surface area contributed by atoms with Crippen LogP contribution >= 0.6 is 0 Å². The Labute approximate surface area is 166 Å². The average Bonchev–Trinajstić information content (AvgIpc) is 2.64. The number of hydrogen-bond donors (Lipinski definition) is 2. The molecular weight excluding hydrogens is 350 g/mol. The Morgan fingerprint density at radius 1 is 1.11 bits per heavy atom. The number of anilines is 1. The highest BCUT2D eigenvalue weighted by molar-refractivity contribution is 5.93. The van der Waals surface area contributed by atoms with Crippen LogP contribution in [0.5, 0.6) is 5.75 Å². The summed E-state index contributed by atoms with van der Waals surface area (Å²) >= 11 is 0. The van der Waals surface area contributed by atoms with E-state index in [4.69, 9.17) is 10.00 Å². The van der Waals surface area contributed by atoms with Gasteiger partial charge in [-0.2, -0.15) is 5.26 Å². The maximum absolute atomic E-state index is 12.1. The standard InChI is InChI=1S/C23H27N3O2/c24-12-1-2-13-28-22-11-4-7-19(15-22)17-25-16-18-6-3-10-21(14-18)26-23(27)20-8-5-9-20/h3-4,6-7,10-11,14-15,20,25H,1-2,5,8-9,13,16-17H2,(H,26,27). The molecule has 0 aliphatic heterocycles. The Morgan fingerprint density at radius 3 is 2.57 bits per heavy atom. The van der Waals surface area contributed by atoms with Gasteiger partial charge in [-0.05, 0) is 54.7 Å². The molecule has 0 bridgehead atoms. The Hall–Kier alpha value is -2.84. The zero-order valence-corrected chi connectivity index (χ0v) is 16.1. The topological polar surface area (TPSA) is 74.2 Å². The summed E-state index contributed by atoms with van der Waals surface area (Å²) in [5, 5.41) is 15.0. The van der Waals surface area contributed by atoms with Crippen LogP contribution in [0.25, 0.3) is 0 Å². The van der Waals surface area contributed by atoms with Gasteiger partial charge in [0.1, 0.15) is 5.75 Å². The second kappa shape index (κ2) is 10.5. The van der Waals surface area contributed by atoms with Gasteiger partial charge in [-0.15, -0.1) is 0 Å². The SMILES string of the molecule is N#CCCCOc1cccc(CNCc2cccc(NC(=O)C3CCC3)c2)c1. The molecule has 0 unspecified atom stereocenters. The molecular formula is C23H27N3O2. The summed E-state index contributed by atoms with van der Waals surface area (Å²) in [4.78, 5) is 12.1. The molecule has 0 spiro atoms. The lowest BCUT2D eigenvalue weighted by Gasteiger charge is -2.24. The number of carbonyl (C=O) groups excluding carboxylic acids is 1. The van der Waals surface area contributed by atoms with E-state index in [1.165, 1.54) is 0 Å². The van der Waals surface area contributed by atoms with Crippen molar-refractivity contribution < 1.29 is 9.53 Å². The number of amides is 1. The molecule has 1 aliphatic carbocycles. The first-order valence-electron chi connectivity index (χ1n) is 9.94. The molecule has 5 nitrogen and oxygen atoms in total. The molecule has 5 heteroatoms. The predicted octanol–water partition coefficient (Wildman–Crippen LogP) is 4.40. The lowest BCUT2D eigenvalue weighted by atomic mass is 9.85. The molecule has 2 N–H and O–H groups in total. The number of nitrogens with one attached hydrogen (secondary N) is 2. The monoisotopic (exact) mass is 377 g/mol. The largest absolute Gasteiger partial charge is 0.494 e. The van der Waals surface area contributed by atoms with Crippen molar-refractivity contribution in [2.75, 3.05) is 11.9 Å². The van der Waals surface area contributed by atoms with Crippen LogP contribution in [0, 0.1) is 17.2 Å². The Balaban J connectivity index is 1.45. The van der Waals surface area contributed by atoms with Gasteiger partial charge in [0.2, 0.25) is 5.91 Å². The van der Waals surface area contributed by atoms with Crippen molar-refractivity contribution in [3.63, 3.8) is 0 Å². The first kappa shape index (κ1) is 19.9. The molecule has 1 amide bonds. The molecule has 0 heterocycles. The van der Waals surface area contributed by atoms with E-state index in [1.54, 1.807) is 0 Å². The third kappa shape index (κ3) is 6.11. The van der Waals surface area contributed by atoms with Gasteiger partial charge in [-0.25, -0.2) is 0 Å². The number of unbranched alkanes of at least 4 members (excludes halogenated alkanes) is 1. The highest BCUT2D eigenvalue weighted by Crippen LogP contribution is 2.27. The van der Waals surface area contributed by atoms with Gasteiger partial charge < -0.3 is 15.4 Å². The summed E-state index contributed by atoms with van der Waals surface area (Å²) in [6.45, 7) is 2.01. The smallest absolute Gasteiger partial charge is 0.227 e. The summed E-state index contributed by atoms with van der Waals surface area (Å²) in [7, 11) is 0. The van der Waals surface area contributed by atoms with E-state index >= 15 is 0 Å². The molecule has 1 saturated carbocycles. The summed E-state index contributed by atoms with van der Waals surface area (Å²) in [6.07, 6.45) is 4.44. The van der Waals surface area contributed by atoms with Gasteiger partial charge in [0.15, 0.2) is 0 Å². The minimum atomic E-state index is 0.142. The van der Waals surface area contributed by atoms with E-state index in [9.17, 15) is 4.79 Å². The first-order valence-corrected chi connectivity index (χ1v) is 9.94. The van der Waals surface area contributed by atoms with E-state index in [0.29, 0.717) is 13.0 Å². The zero-order valence-electron chi connectivity index (χ0n) is 16.1. The van der Waals surface area contributed by atoms with Crippen LogP contribution in [0.15, 0.2) is 48.5 Å². The van der Waals surface area contributed by atoms with Gasteiger partial charge in [0.25, 0.3) is 0 Å². The van der Waals surface area contributed by atoms with Crippen LogP contribution in [0.1, 0.15) is 43.2 Å². The van der Waals surface area contributed by atoms with Crippen LogP contribution in [-0.2, 0) is 17.9 Å². The summed E-state index contributed by atoms with van der Waals surface area (Å²) in [5.41, 5.74) is 3.14. The Bertz CT molecular complexity index is 825. The second-order valence-corrected chi connectivity index (χ2v) is 7.18. The highest BCUT2D eigenvalue weighted by Gasteiger charge is 2.25. The average molecular weight is 377 g/mol.